The van der Waals surface area contributed by atoms with Crippen LogP contribution in [0.25, 0.3) is 12.2 Å². The molecule has 1 aromatic heterocycles. The van der Waals surface area contributed by atoms with Crippen LogP contribution < -0.4 is 0 Å². The Hall–Kier alpha value is -1.69. The molecular weight excluding hydrogens is 510 g/mol. The van der Waals surface area contributed by atoms with Crippen molar-refractivity contribution in [3.63, 3.8) is 0 Å². The molecule has 0 N–H and O–H groups in total. The van der Waals surface area contributed by atoms with Crippen LogP contribution in [0.5, 0.6) is 0 Å². The molecule has 3 aliphatic rings. The van der Waals surface area contributed by atoms with Crippen LogP contribution in [-0.4, -0.2) is 53.4 Å². The Kier molecular flexibility index (Phi) is 7.43. The largest absolute Gasteiger partial charge is 0.343 e. The first-order valence-electron chi connectivity index (χ1n) is 12.6. The predicted molar refractivity (Wildman–Crippen MR) is 143 cm³/mol. The number of carbonyl (C=O) groups is 1. The summed E-state index contributed by atoms with van der Waals surface area (Å²) in [5.41, 5.74) is 4.75. The van der Waals surface area contributed by atoms with Gasteiger partial charge in [0.05, 0.1) is 5.69 Å². The molecule has 4 nitrogen and oxygen atoms in total. The molecule has 3 heterocycles. The number of benzene rings is 1. The Morgan fingerprint density at radius 3 is 2.53 bits per heavy atom. The fourth-order valence-electron chi connectivity index (χ4n) is 6.00. The summed E-state index contributed by atoms with van der Waals surface area (Å²) in [5, 5.41) is 0.757. The number of likely N-dealkylation sites (tertiary alicyclic amines) is 2. The van der Waals surface area contributed by atoms with E-state index in [-0.39, 0.29) is 5.92 Å². The standard InChI is InChI=1S/C28H33BrClN3O/c1-2-32-11-7-19(8-12-32)15-26(34)33-13-9-20(10-14-33)27-25-6-5-24(30)17-21(25)3-4-22-16-23(29)18-31-28(22)27/h3-6,16-20,27H,2,7-15H2,1H3. The maximum absolute atomic E-state index is 13.1. The molecule has 2 saturated heterocycles. The molecule has 1 amide bonds. The zero-order valence-electron chi connectivity index (χ0n) is 19.9. The van der Waals surface area contributed by atoms with E-state index in [1.165, 1.54) is 11.1 Å². The van der Waals surface area contributed by atoms with Gasteiger partial charge in [-0.1, -0.05) is 36.7 Å². The number of carbonyl (C=O) groups excluding carboxylic acids is 1. The number of pyridine rings is 1. The molecule has 0 spiro atoms. The SMILES string of the molecule is CCN1CCC(CC(=O)N2CCC(C3c4ccc(Cl)cc4C=Cc4cc(Br)cnc43)CC2)CC1. The highest BCUT2D eigenvalue weighted by Crippen LogP contribution is 2.43. The average molecular weight is 543 g/mol. The Balaban J connectivity index is 1.30. The molecule has 1 atom stereocenters. The van der Waals surface area contributed by atoms with Gasteiger partial charge in [0.15, 0.2) is 0 Å². The van der Waals surface area contributed by atoms with E-state index in [1.54, 1.807) is 0 Å². The van der Waals surface area contributed by atoms with Gasteiger partial charge in [0.1, 0.15) is 0 Å². The van der Waals surface area contributed by atoms with E-state index in [1.807, 2.05) is 12.3 Å². The first-order chi connectivity index (χ1) is 16.5. The average Bonchev–Trinajstić information content (AvgIpc) is 3.01. The Bertz CT molecular complexity index is 1020. The first-order valence-corrected chi connectivity index (χ1v) is 13.8. The van der Waals surface area contributed by atoms with Crippen LogP contribution in [0, 0.1) is 11.8 Å². The Morgan fingerprint density at radius 1 is 1.06 bits per heavy atom. The van der Waals surface area contributed by atoms with E-state index >= 15 is 0 Å². The molecule has 2 aromatic rings. The van der Waals surface area contributed by atoms with Gasteiger partial charge < -0.3 is 9.80 Å². The summed E-state index contributed by atoms with van der Waals surface area (Å²) in [4.78, 5) is 22.6. The molecule has 1 unspecified atom stereocenters. The lowest BCUT2D eigenvalue weighted by Gasteiger charge is -2.38. The fraction of sp³-hybridized carbons (Fsp3) is 0.500. The second kappa shape index (κ2) is 10.5. The second-order valence-electron chi connectivity index (χ2n) is 10.0. The number of piperidine rings is 2. The molecule has 1 aromatic carbocycles. The zero-order valence-corrected chi connectivity index (χ0v) is 22.2. The maximum atomic E-state index is 13.1. The van der Waals surface area contributed by atoms with Gasteiger partial charge in [-0.25, -0.2) is 0 Å². The predicted octanol–water partition coefficient (Wildman–Crippen LogP) is 6.47. The highest BCUT2D eigenvalue weighted by atomic mass is 79.9. The zero-order chi connectivity index (χ0) is 23.7. The summed E-state index contributed by atoms with van der Waals surface area (Å²) in [5.74, 6) is 1.56. The number of hydrogen-bond donors (Lipinski definition) is 0. The van der Waals surface area contributed by atoms with Crippen molar-refractivity contribution in [3.05, 3.63) is 62.3 Å². The Labute approximate surface area is 216 Å². The monoisotopic (exact) mass is 541 g/mol. The van der Waals surface area contributed by atoms with Crippen LogP contribution in [0.2, 0.25) is 5.02 Å². The molecule has 1 aliphatic carbocycles. The summed E-state index contributed by atoms with van der Waals surface area (Å²) in [6, 6.07) is 8.38. The second-order valence-corrected chi connectivity index (χ2v) is 11.4. The van der Waals surface area contributed by atoms with Gasteiger partial charge in [0.25, 0.3) is 0 Å². The number of rotatable bonds is 4. The number of amides is 1. The van der Waals surface area contributed by atoms with Crippen molar-refractivity contribution in [2.75, 3.05) is 32.7 Å². The summed E-state index contributed by atoms with van der Waals surface area (Å²) < 4.78 is 0.990. The molecule has 180 valence electrons. The van der Waals surface area contributed by atoms with Crippen molar-refractivity contribution in [2.45, 2.75) is 44.9 Å². The number of fused-ring (bicyclic) bond motifs is 2. The molecule has 5 rings (SSSR count). The van der Waals surface area contributed by atoms with Crippen LogP contribution in [0.1, 0.15) is 67.3 Å². The summed E-state index contributed by atoms with van der Waals surface area (Å²) >= 11 is 9.93. The highest BCUT2D eigenvalue weighted by molar-refractivity contribution is 9.10. The van der Waals surface area contributed by atoms with Gasteiger partial charge in [-0.05, 0) is 108 Å². The quantitative estimate of drug-likeness (QED) is 0.444. The number of hydrogen-bond acceptors (Lipinski definition) is 3. The topological polar surface area (TPSA) is 36.4 Å². The van der Waals surface area contributed by atoms with Gasteiger partial charge in [-0.15, -0.1) is 0 Å². The summed E-state index contributed by atoms with van der Waals surface area (Å²) in [6.45, 7) is 7.30. The summed E-state index contributed by atoms with van der Waals surface area (Å²) in [7, 11) is 0. The molecule has 34 heavy (non-hydrogen) atoms. The van der Waals surface area contributed by atoms with Gasteiger partial charge >= 0.3 is 0 Å². The molecule has 2 aliphatic heterocycles. The van der Waals surface area contributed by atoms with E-state index in [0.717, 1.165) is 85.6 Å². The van der Waals surface area contributed by atoms with Crippen molar-refractivity contribution in [1.29, 1.82) is 0 Å². The molecule has 0 saturated carbocycles. The van der Waals surface area contributed by atoms with E-state index in [0.29, 0.717) is 17.7 Å². The van der Waals surface area contributed by atoms with Crippen molar-refractivity contribution < 1.29 is 4.79 Å². The number of aromatic nitrogens is 1. The van der Waals surface area contributed by atoms with E-state index < -0.39 is 0 Å². The normalized spacial score (nSPS) is 21.7. The molecule has 2 fully saturated rings. The van der Waals surface area contributed by atoms with Crippen molar-refractivity contribution in [1.82, 2.24) is 14.8 Å². The smallest absolute Gasteiger partial charge is 0.222 e. The third-order valence-electron chi connectivity index (χ3n) is 8.02. The number of nitrogens with zero attached hydrogens (tertiary/aromatic N) is 3. The van der Waals surface area contributed by atoms with E-state index in [4.69, 9.17) is 16.6 Å². The van der Waals surface area contributed by atoms with Gasteiger partial charge in [-0.3, -0.25) is 9.78 Å². The van der Waals surface area contributed by atoms with E-state index in [2.05, 4.69) is 63.0 Å². The van der Waals surface area contributed by atoms with Crippen LogP contribution in [0.4, 0.5) is 0 Å². The van der Waals surface area contributed by atoms with E-state index in [9.17, 15) is 4.79 Å². The molecule has 0 bridgehead atoms. The van der Waals surface area contributed by atoms with Crippen LogP contribution in [-0.2, 0) is 4.79 Å². The number of halogens is 2. The maximum Gasteiger partial charge on any atom is 0.222 e. The van der Waals surface area contributed by atoms with Crippen LogP contribution in [0.3, 0.4) is 0 Å². The highest BCUT2D eigenvalue weighted by Gasteiger charge is 2.34. The van der Waals surface area contributed by atoms with Gasteiger partial charge in [-0.2, -0.15) is 0 Å². The summed E-state index contributed by atoms with van der Waals surface area (Å²) in [6.07, 6.45) is 11.3. The lowest BCUT2D eigenvalue weighted by Crippen LogP contribution is -2.42. The van der Waals surface area contributed by atoms with Crippen molar-refractivity contribution >= 4 is 45.6 Å². The van der Waals surface area contributed by atoms with Gasteiger partial charge in [0.2, 0.25) is 5.91 Å². The first kappa shape index (κ1) is 24.0. The third-order valence-corrected chi connectivity index (χ3v) is 8.69. The minimum atomic E-state index is 0.209. The van der Waals surface area contributed by atoms with Crippen molar-refractivity contribution in [2.24, 2.45) is 11.8 Å². The van der Waals surface area contributed by atoms with Crippen LogP contribution >= 0.6 is 27.5 Å². The molecule has 0 radical (unpaired) electrons. The molecule has 6 heteroatoms. The minimum absolute atomic E-state index is 0.209. The lowest BCUT2D eigenvalue weighted by molar-refractivity contribution is -0.134. The Morgan fingerprint density at radius 2 is 1.79 bits per heavy atom. The lowest BCUT2D eigenvalue weighted by atomic mass is 9.76. The van der Waals surface area contributed by atoms with Crippen LogP contribution in [0.15, 0.2) is 34.9 Å². The molecular formula is C28H33BrClN3O. The minimum Gasteiger partial charge on any atom is -0.343 e. The third kappa shape index (κ3) is 5.12. The fourth-order valence-corrected chi connectivity index (χ4v) is 6.53. The van der Waals surface area contributed by atoms with Crippen molar-refractivity contribution in [3.8, 4) is 0 Å². The van der Waals surface area contributed by atoms with Gasteiger partial charge in [0, 0.05) is 41.1 Å².